The Kier molecular flexibility index (Phi) is 19.0. The summed E-state index contributed by atoms with van der Waals surface area (Å²) in [7, 11) is 2.71. The first-order valence-electron chi connectivity index (χ1n) is 20.0. The SMILES string of the molecule is C.COc1ccc(C(=O)c2sc(Nc3ccc(OCCCN)cc3)nc2N)cc1F.COc1ccc(C(=O)c2sc(Nc3ccc(OCCCNC(=O)OC(C)(C)C)cc3)nc2N)cc1F. The topological polar surface area (TPSA) is 237 Å². The quantitative estimate of drug-likeness (QED) is 0.0328. The number of benzene rings is 4. The van der Waals surface area contributed by atoms with Crippen LogP contribution in [0.15, 0.2) is 84.9 Å². The molecule has 0 saturated heterocycles. The molecule has 16 nitrogen and oxygen atoms in total. The number of nitrogen functional groups attached to an aromatic ring is 2. The molecule has 20 heteroatoms. The van der Waals surface area contributed by atoms with Crippen molar-refractivity contribution >= 4 is 73.6 Å². The minimum Gasteiger partial charge on any atom is -0.494 e. The number of amides is 1. The average Bonchev–Trinajstić information content (AvgIpc) is 3.83. The van der Waals surface area contributed by atoms with Crippen LogP contribution in [-0.2, 0) is 4.74 Å². The standard InChI is InChI=1S/C25H29FN4O5S.C20H21FN4O3S.CH4/c1-25(2,3)35-24(32)28-12-5-13-34-17-9-7-16(8-10-17)29-23-30-22(27)21(36-23)20(31)15-6-11-19(33-4)18(26)14-15;1-27-16-8-3-12(11-15(16)21)17(26)18-19(23)25-20(29-18)24-13-4-6-14(7-5-13)28-10-2-9-22;/h6-11,14H,5,12-13,27H2,1-4H3,(H,28,32)(H,29,30);3-8,11H,2,9-10,22-23H2,1H3,(H,24,25);1H4. The molecule has 0 radical (unpaired) electrons. The fraction of sp³-hybridized carbons (Fsp3) is 0.283. The molecule has 66 heavy (non-hydrogen) atoms. The molecule has 9 N–H and O–H groups in total. The lowest BCUT2D eigenvalue weighted by atomic mass is 10.1. The van der Waals surface area contributed by atoms with E-state index in [-0.39, 0.29) is 51.4 Å². The number of carbonyl (C=O) groups is 3. The molecule has 0 aliphatic heterocycles. The van der Waals surface area contributed by atoms with Crippen LogP contribution in [-0.4, -0.2) is 73.8 Å². The molecule has 0 saturated carbocycles. The van der Waals surface area contributed by atoms with E-state index in [2.05, 4.69) is 25.9 Å². The van der Waals surface area contributed by atoms with Gasteiger partial charge in [-0.25, -0.2) is 23.5 Å². The van der Waals surface area contributed by atoms with Crippen LogP contribution in [0.1, 0.15) is 71.5 Å². The molecule has 1 amide bonds. The van der Waals surface area contributed by atoms with Crippen molar-refractivity contribution in [1.29, 1.82) is 0 Å². The summed E-state index contributed by atoms with van der Waals surface area (Å²) in [5.74, 6) is -0.423. The minimum atomic E-state index is -0.633. The van der Waals surface area contributed by atoms with Gasteiger partial charge in [-0.05, 0) is 125 Å². The Bertz CT molecular complexity index is 2550. The molecule has 0 aliphatic carbocycles. The molecule has 2 aromatic heterocycles. The van der Waals surface area contributed by atoms with Gasteiger partial charge in [-0.1, -0.05) is 30.1 Å². The molecule has 352 valence electrons. The van der Waals surface area contributed by atoms with E-state index in [4.69, 9.17) is 40.9 Å². The Morgan fingerprint density at radius 2 is 1.09 bits per heavy atom. The maximum Gasteiger partial charge on any atom is 0.407 e. The van der Waals surface area contributed by atoms with Crippen molar-refractivity contribution < 1.29 is 46.8 Å². The predicted octanol–water partition coefficient (Wildman–Crippen LogP) is 9.35. The lowest BCUT2D eigenvalue weighted by Gasteiger charge is -2.19. The second kappa shape index (κ2) is 24.3. The van der Waals surface area contributed by atoms with Crippen molar-refractivity contribution in [1.82, 2.24) is 15.3 Å². The van der Waals surface area contributed by atoms with Gasteiger partial charge in [0.15, 0.2) is 33.4 Å². The number of thiazole rings is 2. The summed E-state index contributed by atoms with van der Waals surface area (Å²) in [6.45, 7) is 7.41. The summed E-state index contributed by atoms with van der Waals surface area (Å²) in [6, 6.07) is 22.4. The first-order valence-corrected chi connectivity index (χ1v) is 21.7. The largest absolute Gasteiger partial charge is 0.494 e. The zero-order valence-electron chi connectivity index (χ0n) is 36.3. The summed E-state index contributed by atoms with van der Waals surface area (Å²) in [5.41, 5.74) is 18.6. The molecule has 0 bridgehead atoms. The van der Waals surface area contributed by atoms with Crippen LogP contribution in [0.2, 0.25) is 0 Å². The van der Waals surface area contributed by atoms with Gasteiger partial charge < -0.3 is 56.8 Å². The van der Waals surface area contributed by atoms with E-state index in [1.807, 2.05) is 24.3 Å². The molecular weight excluding hydrogens is 895 g/mol. The van der Waals surface area contributed by atoms with E-state index >= 15 is 0 Å². The van der Waals surface area contributed by atoms with Crippen molar-refractivity contribution in [3.8, 4) is 23.0 Å². The van der Waals surface area contributed by atoms with Crippen molar-refractivity contribution in [2.24, 2.45) is 5.73 Å². The Morgan fingerprint density at radius 1 is 0.667 bits per heavy atom. The van der Waals surface area contributed by atoms with Gasteiger partial charge in [-0.2, -0.15) is 0 Å². The molecular formula is C46H54F2N8O8S2. The highest BCUT2D eigenvalue weighted by Gasteiger charge is 2.22. The van der Waals surface area contributed by atoms with Crippen molar-refractivity contribution in [3.05, 3.63) is 117 Å². The first-order chi connectivity index (χ1) is 31.1. The summed E-state index contributed by atoms with van der Waals surface area (Å²) >= 11 is 2.17. The summed E-state index contributed by atoms with van der Waals surface area (Å²) in [6.07, 6.45) is 0.946. The van der Waals surface area contributed by atoms with Gasteiger partial charge in [0.2, 0.25) is 11.6 Å². The maximum atomic E-state index is 14.0. The zero-order valence-corrected chi connectivity index (χ0v) is 37.9. The number of nitrogens with one attached hydrogen (secondary N) is 3. The van der Waals surface area contributed by atoms with Crippen LogP contribution < -0.4 is 52.1 Å². The number of alkyl carbamates (subject to hydrolysis) is 1. The number of ether oxygens (including phenoxy) is 5. The molecule has 0 fully saturated rings. The molecule has 6 rings (SSSR count). The lowest BCUT2D eigenvalue weighted by molar-refractivity contribution is 0.0525. The molecule has 4 aromatic carbocycles. The van der Waals surface area contributed by atoms with Gasteiger partial charge >= 0.3 is 6.09 Å². The highest BCUT2D eigenvalue weighted by atomic mass is 32.1. The van der Waals surface area contributed by atoms with Crippen LogP contribution >= 0.6 is 22.7 Å². The average molecular weight is 949 g/mol. The Morgan fingerprint density at radius 3 is 1.47 bits per heavy atom. The van der Waals surface area contributed by atoms with Gasteiger partial charge in [0.05, 0.1) is 27.4 Å². The van der Waals surface area contributed by atoms with E-state index in [1.54, 1.807) is 45.0 Å². The van der Waals surface area contributed by atoms with Crippen molar-refractivity contribution in [2.75, 3.05) is 62.6 Å². The number of carbonyl (C=O) groups excluding carboxylic acids is 3. The third-order valence-electron chi connectivity index (χ3n) is 8.63. The number of hydrogen-bond acceptors (Lipinski definition) is 17. The number of anilines is 6. The maximum absolute atomic E-state index is 14.0. The normalized spacial score (nSPS) is 10.7. The highest BCUT2D eigenvalue weighted by molar-refractivity contribution is 7.18. The number of methoxy groups -OCH3 is 2. The zero-order chi connectivity index (χ0) is 47.1. The number of nitrogens with two attached hydrogens (primary N) is 3. The third-order valence-corrected chi connectivity index (χ3v) is 10.6. The number of nitrogens with zero attached hydrogens (tertiary/aromatic N) is 2. The molecule has 2 heterocycles. The van der Waals surface area contributed by atoms with Gasteiger partial charge in [0.1, 0.15) is 38.5 Å². The number of ketones is 2. The molecule has 0 unspecified atom stereocenters. The highest BCUT2D eigenvalue weighted by Crippen LogP contribution is 2.33. The lowest BCUT2D eigenvalue weighted by Crippen LogP contribution is -2.33. The molecule has 0 aliphatic rings. The Hall–Kier alpha value is -7.03. The van der Waals surface area contributed by atoms with Gasteiger partial charge in [-0.3, -0.25) is 9.59 Å². The Labute approximate surface area is 389 Å². The predicted molar refractivity (Wildman–Crippen MR) is 256 cm³/mol. The van der Waals surface area contributed by atoms with E-state index in [1.165, 1.54) is 38.5 Å². The first kappa shape index (κ1) is 51.6. The number of hydrogen-bond donors (Lipinski definition) is 6. The van der Waals surface area contributed by atoms with Gasteiger partial charge in [0, 0.05) is 29.0 Å². The van der Waals surface area contributed by atoms with Crippen molar-refractivity contribution in [3.63, 3.8) is 0 Å². The minimum absolute atomic E-state index is 0. The van der Waals surface area contributed by atoms with E-state index in [0.29, 0.717) is 48.7 Å². The van der Waals surface area contributed by atoms with Crippen LogP contribution in [0.3, 0.4) is 0 Å². The fourth-order valence-electron chi connectivity index (χ4n) is 5.53. The number of aromatic nitrogens is 2. The van der Waals surface area contributed by atoms with Gasteiger partial charge in [0.25, 0.3) is 0 Å². The number of rotatable bonds is 19. The molecule has 6 aromatic rings. The van der Waals surface area contributed by atoms with Crippen LogP contribution in [0.4, 0.5) is 46.8 Å². The molecule has 0 spiro atoms. The summed E-state index contributed by atoms with van der Waals surface area (Å²) in [5, 5.41) is 9.76. The number of halogens is 2. The van der Waals surface area contributed by atoms with E-state index in [9.17, 15) is 23.2 Å². The summed E-state index contributed by atoms with van der Waals surface area (Å²) in [4.78, 5) is 45.9. The Balaban J connectivity index is 0.000000290. The fourth-order valence-corrected chi connectivity index (χ4v) is 7.26. The monoisotopic (exact) mass is 948 g/mol. The third kappa shape index (κ3) is 15.0. The van der Waals surface area contributed by atoms with Crippen molar-refractivity contribution in [2.45, 2.75) is 46.6 Å². The smallest absolute Gasteiger partial charge is 0.407 e. The second-order valence-electron chi connectivity index (χ2n) is 14.7. The van der Waals surface area contributed by atoms with Crippen LogP contribution in [0, 0.1) is 11.6 Å². The summed E-state index contributed by atoms with van der Waals surface area (Å²) < 4.78 is 54.1. The van der Waals surface area contributed by atoms with E-state index < -0.39 is 34.9 Å². The molecule has 0 atom stereocenters. The van der Waals surface area contributed by atoms with Gasteiger partial charge in [-0.15, -0.1) is 0 Å². The van der Waals surface area contributed by atoms with E-state index in [0.717, 1.165) is 58.4 Å². The van der Waals surface area contributed by atoms with Crippen LogP contribution in [0.25, 0.3) is 0 Å². The van der Waals surface area contributed by atoms with Crippen LogP contribution in [0.5, 0.6) is 23.0 Å². The second-order valence-corrected chi connectivity index (χ2v) is 16.7.